The summed E-state index contributed by atoms with van der Waals surface area (Å²) in [6.45, 7) is 4.12. The van der Waals surface area contributed by atoms with Gasteiger partial charge in [0.15, 0.2) is 0 Å². The van der Waals surface area contributed by atoms with Crippen molar-refractivity contribution in [1.29, 1.82) is 0 Å². The Kier molecular flexibility index (Phi) is 3.65. The largest absolute Gasteiger partial charge is 0.464 e. The maximum Gasteiger partial charge on any atom is 0.302 e. The van der Waals surface area contributed by atoms with Crippen LogP contribution in [0.5, 0.6) is 0 Å². The molecule has 0 bridgehead atoms. The Bertz CT molecular complexity index is 444. The lowest BCUT2D eigenvalue weighted by atomic mass is 9.89. The molecule has 0 N–H and O–H groups in total. The summed E-state index contributed by atoms with van der Waals surface area (Å²) in [5.41, 5.74) is 1.09. The number of esters is 1. The summed E-state index contributed by atoms with van der Waals surface area (Å²) in [6, 6.07) is 9.81. The Morgan fingerprint density at radius 3 is 2.61 bits per heavy atom. The summed E-state index contributed by atoms with van der Waals surface area (Å²) < 4.78 is 5.00. The van der Waals surface area contributed by atoms with Gasteiger partial charge in [0, 0.05) is 13.5 Å². The second-order valence-corrected chi connectivity index (χ2v) is 4.61. The number of rotatable bonds is 4. The van der Waals surface area contributed by atoms with Crippen LogP contribution in [0.2, 0.25) is 0 Å². The molecule has 0 aliphatic carbocycles. The number of amides is 1. The number of hydrogen-bond donors (Lipinski definition) is 0. The van der Waals surface area contributed by atoms with Gasteiger partial charge in [-0.1, -0.05) is 37.3 Å². The second-order valence-electron chi connectivity index (χ2n) is 4.61. The number of hydrogen-bond acceptors (Lipinski definition) is 3. The van der Waals surface area contributed by atoms with Gasteiger partial charge >= 0.3 is 5.97 Å². The Morgan fingerprint density at radius 2 is 2.00 bits per heavy atom. The zero-order chi connectivity index (χ0) is 13.1. The Balaban J connectivity index is 1.98. The molecule has 1 amide bonds. The highest BCUT2D eigenvalue weighted by atomic mass is 16.5. The van der Waals surface area contributed by atoms with E-state index in [0.29, 0.717) is 6.54 Å². The van der Waals surface area contributed by atoms with Crippen LogP contribution in [0.15, 0.2) is 30.3 Å². The summed E-state index contributed by atoms with van der Waals surface area (Å²) in [7, 11) is 0. The van der Waals surface area contributed by atoms with E-state index in [1.165, 1.54) is 6.92 Å². The van der Waals surface area contributed by atoms with Crippen LogP contribution in [0.25, 0.3) is 0 Å². The Hall–Kier alpha value is -1.84. The van der Waals surface area contributed by atoms with Crippen LogP contribution in [-0.4, -0.2) is 29.4 Å². The average Bonchev–Trinajstić information content (AvgIpc) is 2.38. The number of carbonyl (C=O) groups is 2. The number of carbonyl (C=O) groups excluding carboxylic acids is 2. The van der Waals surface area contributed by atoms with Crippen molar-refractivity contribution in [3.05, 3.63) is 35.9 Å². The quantitative estimate of drug-likeness (QED) is 0.599. The van der Waals surface area contributed by atoms with Crippen molar-refractivity contribution in [2.75, 3.05) is 6.61 Å². The van der Waals surface area contributed by atoms with Crippen molar-refractivity contribution in [2.24, 2.45) is 5.92 Å². The highest BCUT2D eigenvalue weighted by Gasteiger charge is 2.44. The maximum atomic E-state index is 11.8. The number of β-lactam (4-membered cyclic amide) rings is 1. The molecule has 4 nitrogen and oxygen atoms in total. The molecule has 1 aliphatic heterocycles. The first-order valence-electron chi connectivity index (χ1n) is 6.07. The molecule has 96 valence electrons. The van der Waals surface area contributed by atoms with E-state index < -0.39 is 0 Å². The lowest BCUT2D eigenvalue weighted by molar-refractivity contribution is -0.165. The first-order chi connectivity index (χ1) is 8.59. The SMILES string of the molecule is CC(=O)OC[C@@H]1[C@H](C)C(=O)N1Cc1ccccc1. The molecule has 18 heavy (non-hydrogen) atoms. The standard InChI is InChI=1S/C14H17NO3/c1-10-13(9-18-11(2)16)15(14(10)17)8-12-6-4-3-5-7-12/h3-7,10,13H,8-9H2,1-2H3/t10-,13+/m0/s1. The minimum Gasteiger partial charge on any atom is -0.464 e. The molecule has 0 aromatic heterocycles. The molecule has 2 atom stereocenters. The van der Waals surface area contributed by atoms with Crippen molar-refractivity contribution >= 4 is 11.9 Å². The topological polar surface area (TPSA) is 46.6 Å². The first kappa shape index (κ1) is 12.6. The molecule has 1 aromatic rings. The van der Waals surface area contributed by atoms with Gasteiger partial charge in [-0.05, 0) is 5.56 Å². The minimum absolute atomic E-state index is 0.00149. The van der Waals surface area contributed by atoms with Gasteiger partial charge in [-0.2, -0.15) is 0 Å². The van der Waals surface area contributed by atoms with Gasteiger partial charge in [0.2, 0.25) is 5.91 Å². The highest BCUT2D eigenvalue weighted by Crippen LogP contribution is 2.28. The van der Waals surface area contributed by atoms with E-state index in [1.54, 1.807) is 4.90 Å². The van der Waals surface area contributed by atoms with Gasteiger partial charge in [0.05, 0.1) is 12.0 Å². The van der Waals surface area contributed by atoms with Gasteiger partial charge in [-0.3, -0.25) is 9.59 Å². The molecule has 1 heterocycles. The van der Waals surface area contributed by atoms with Crippen LogP contribution in [-0.2, 0) is 20.9 Å². The molecular weight excluding hydrogens is 230 g/mol. The van der Waals surface area contributed by atoms with Crippen LogP contribution in [0.4, 0.5) is 0 Å². The molecule has 0 radical (unpaired) electrons. The van der Waals surface area contributed by atoms with Gasteiger partial charge in [-0.15, -0.1) is 0 Å². The highest BCUT2D eigenvalue weighted by molar-refractivity contribution is 5.85. The third-order valence-electron chi connectivity index (χ3n) is 3.30. The Morgan fingerprint density at radius 1 is 1.33 bits per heavy atom. The molecule has 0 spiro atoms. The molecule has 1 aromatic carbocycles. The summed E-state index contributed by atoms with van der Waals surface area (Å²) in [4.78, 5) is 24.4. The first-order valence-corrected chi connectivity index (χ1v) is 6.07. The predicted octanol–water partition coefficient (Wildman–Crippen LogP) is 1.60. The van der Waals surface area contributed by atoms with E-state index in [0.717, 1.165) is 5.56 Å². The summed E-state index contributed by atoms with van der Waals surface area (Å²) in [5, 5.41) is 0. The van der Waals surface area contributed by atoms with E-state index in [-0.39, 0.29) is 30.4 Å². The third-order valence-corrected chi connectivity index (χ3v) is 3.30. The number of nitrogens with zero attached hydrogens (tertiary/aromatic N) is 1. The van der Waals surface area contributed by atoms with Crippen LogP contribution in [0.1, 0.15) is 19.4 Å². The molecule has 2 rings (SSSR count). The third kappa shape index (κ3) is 2.53. The number of benzene rings is 1. The fraction of sp³-hybridized carbons (Fsp3) is 0.429. The van der Waals surface area contributed by atoms with Crippen molar-refractivity contribution in [1.82, 2.24) is 4.90 Å². The monoisotopic (exact) mass is 247 g/mol. The van der Waals surface area contributed by atoms with E-state index in [1.807, 2.05) is 37.3 Å². The number of ether oxygens (including phenoxy) is 1. The van der Waals surface area contributed by atoms with Crippen molar-refractivity contribution in [2.45, 2.75) is 26.4 Å². The van der Waals surface area contributed by atoms with Crippen LogP contribution in [0, 0.1) is 5.92 Å². The molecule has 0 unspecified atom stereocenters. The average molecular weight is 247 g/mol. The van der Waals surface area contributed by atoms with E-state index in [4.69, 9.17) is 4.74 Å². The summed E-state index contributed by atoms with van der Waals surface area (Å²) >= 11 is 0. The molecule has 1 fully saturated rings. The zero-order valence-electron chi connectivity index (χ0n) is 10.6. The summed E-state index contributed by atoms with van der Waals surface area (Å²) in [5.74, 6) is -0.245. The van der Waals surface area contributed by atoms with Crippen LogP contribution in [0.3, 0.4) is 0 Å². The minimum atomic E-state index is -0.304. The normalized spacial score (nSPS) is 22.6. The van der Waals surface area contributed by atoms with Crippen molar-refractivity contribution < 1.29 is 14.3 Å². The molecule has 0 saturated carbocycles. The van der Waals surface area contributed by atoms with Crippen LogP contribution < -0.4 is 0 Å². The lowest BCUT2D eigenvalue weighted by Gasteiger charge is -2.45. The van der Waals surface area contributed by atoms with Crippen LogP contribution >= 0.6 is 0 Å². The molecular formula is C14H17NO3. The van der Waals surface area contributed by atoms with Crippen molar-refractivity contribution in [3.63, 3.8) is 0 Å². The smallest absolute Gasteiger partial charge is 0.302 e. The molecule has 1 aliphatic rings. The second kappa shape index (κ2) is 5.21. The summed E-state index contributed by atoms with van der Waals surface area (Å²) in [6.07, 6.45) is 0. The molecule has 4 heteroatoms. The fourth-order valence-electron chi connectivity index (χ4n) is 2.19. The zero-order valence-corrected chi connectivity index (χ0v) is 10.6. The molecule has 1 saturated heterocycles. The van der Waals surface area contributed by atoms with Gasteiger partial charge < -0.3 is 9.64 Å². The predicted molar refractivity (Wildman–Crippen MR) is 66.6 cm³/mol. The maximum absolute atomic E-state index is 11.8. The number of likely N-dealkylation sites (tertiary alicyclic amines) is 1. The Labute approximate surface area is 107 Å². The van der Waals surface area contributed by atoms with Crippen molar-refractivity contribution in [3.8, 4) is 0 Å². The van der Waals surface area contributed by atoms with E-state index in [2.05, 4.69) is 0 Å². The van der Waals surface area contributed by atoms with E-state index in [9.17, 15) is 9.59 Å². The van der Waals surface area contributed by atoms with E-state index >= 15 is 0 Å². The van der Waals surface area contributed by atoms with Gasteiger partial charge in [-0.25, -0.2) is 0 Å². The lowest BCUT2D eigenvalue weighted by Crippen LogP contribution is -2.61. The van der Waals surface area contributed by atoms with Gasteiger partial charge in [0.25, 0.3) is 0 Å². The van der Waals surface area contributed by atoms with Gasteiger partial charge in [0.1, 0.15) is 6.61 Å². The fourth-order valence-corrected chi connectivity index (χ4v) is 2.19.